The molecule has 2 aliphatic heterocycles. The Morgan fingerprint density at radius 2 is 1.84 bits per heavy atom. The highest BCUT2D eigenvalue weighted by atomic mass is 19.1. The number of amides is 2. The minimum Gasteiger partial charge on any atom is -0.366 e. The van der Waals surface area contributed by atoms with E-state index in [2.05, 4.69) is 4.90 Å². The lowest BCUT2D eigenvalue weighted by Crippen LogP contribution is -2.78. The van der Waals surface area contributed by atoms with Gasteiger partial charge in [-0.25, -0.2) is 4.39 Å². The molecule has 2 heterocycles. The molecule has 0 N–H and O–H groups in total. The lowest BCUT2D eigenvalue weighted by atomic mass is 9.68. The summed E-state index contributed by atoms with van der Waals surface area (Å²) in [6, 6.07) is 6.46. The summed E-state index contributed by atoms with van der Waals surface area (Å²) < 4.78 is 19.6. The Morgan fingerprint density at radius 3 is 2.52 bits per heavy atom. The smallest absolute Gasteiger partial charge is 0.254 e. The summed E-state index contributed by atoms with van der Waals surface area (Å²) >= 11 is 0. The van der Waals surface area contributed by atoms with Gasteiger partial charge in [0.1, 0.15) is 5.82 Å². The number of halogens is 1. The number of hydrogen-bond acceptors (Lipinski definition) is 3. The zero-order valence-corrected chi connectivity index (χ0v) is 18.2. The van der Waals surface area contributed by atoms with Gasteiger partial charge in [0.2, 0.25) is 5.91 Å². The molecule has 1 unspecified atom stereocenters. The molecule has 0 radical (unpaired) electrons. The molecule has 4 aliphatic rings. The van der Waals surface area contributed by atoms with Crippen molar-refractivity contribution in [3.63, 3.8) is 0 Å². The fraction of sp³-hybridized carbons (Fsp3) is 0.680. The number of benzene rings is 1. The Kier molecular flexibility index (Phi) is 5.76. The molecule has 4 fully saturated rings. The number of hydrogen-bond donors (Lipinski definition) is 0. The maximum absolute atomic E-state index is 13.4. The fourth-order valence-electron chi connectivity index (χ4n) is 5.90. The molecular formula is C25H33FN2O3. The van der Waals surface area contributed by atoms with Gasteiger partial charge in [-0.05, 0) is 62.1 Å². The maximum Gasteiger partial charge on any atom is 0.254 e. The van der Waals surface area contributed by atoms with Gasteiger partial charge in [0, 0.05) is 19.1 Å². The number of nitrogens with zero attached hydrogens (tertiary/aromatic N) is 2. The van der Waals surface area contributed by atoms with Crippen LogP contribution in [-0.4, -0.2) is 59.0 Å². The van der Waals surface area contributed by atoms with Crippen LogP contribution in [0.1, 0.15) is 63.4 Å². The van der Waals surface area contributed by atoms with Crippen molar-refractivity contribution < 1.29 is 18.7 Å². The Labute approximate surface area is 183 Å². The van der Waals surface area contributed by atoms with Crippen LogP contribution in [0, 0.1) is 11.7 Å². The van der Waals surface area contributed by atoms with Crippen LogP contribution in [0.4, 0.5) is 4.39 Å². The maximum atomic E-state index is 13.4. The average molecular weight is 429 g/mol. The molecule has 0 bridgehead atoms. The van der Waals surface area contributed by atoms with Crippen LogP contribution < -0.4 is 0 Å². The van der Waals surface area contributed by atoms with Crippen molar-refractivity contribution >= 4 is 11.8 Å². The molecule has 5 nitrogen and oxygen atoms in total. The van der Waals surface area contributed by atoms with Crippen molar-refractivity contribution in [2.24, 2.45) is 5.92 Å². The van der Waals surface area contributed by atoms with Gasteiger partial charge in [0.15, 0.2) is 6.10 Å². The second-order valence-corrected chi connectivity index (χ2v) is 9.95. The van der Waals surface area contributed by atoms with Crippen molar-refractivity contribution in [1.82, 2.24) is 9.80 Å². The first-order chi connectivity index (χ1) is 15.1. The Bertz CT molecular complexity index is 826. The first-order valence-electron chi connectivity index (χ1n) is 12.0. The third-order valence-corrected chi connectivity index (χ3v) is 7.77. The molecule has 31 heavy (non-hydrogen) atoms. The summed E-state index contributed by atoms with van der Waals surface area (Å²) in [6.45, 7) is 2.05. The summed E-state index contributed by atoms with van der Waals surface area (Å²) in [7, 11) is 0. The largest absolute Gasteiger partial charge is 0.366 e. The van der Waals surface area contributed by atoms with E-state index in [9.17, 15) is 14.0 Å². The summed E-state index contributed by atoms with van der Waals surface area (Å²) in [5.41, 5.74) is 0.602. The number of carbonyl (C=O) groups is 2. The summed E-state index contributed by atoms with van der Waals surface area (Å²) in [5, 5.41) is 0. The molecule has 0 aromatic heterocycles. The number of carbonyl (C=O) groups excluding carboxylic acids is 2. The minimum absolute atomic E-state index is 0.0389. The van der Waals surface area contributed by atoms with E-state index in [1.165, 1.54) is 31.4 Å². The van der Waals surface area contributed by atoms with Crippen LogP contribution in [0.5, 0.6) is 0 Å². The van der Waals surface area contributed by atoms with Crippen LogP contribution in [0.15, 0.2) is 24.3 Å². The predicted octanol–water partition coefficient (Wildman–Crippen LogP) is 3.70. The highest BCUT2D eigenvalue weighted by Crippen LogP contribution is 2.48. The van der Waals surface area contributed by atoms with E-state index in [1.807, 2.05) is 4.90 Å². The quantitative estimate of drug-likeness (QED) is 0.649. The SMILES string of the molecule is O=C(Cc1cccc(F)c1)N1CCC(N2C(=O)C(OCC3CC3)C23CCCCC3)CC1. The standard InChI is InChI=1S/C25H33FN2O3/c26-20-6-4-5-19(15-20)16-22(29)27-13-9-21(10-14-27)28-24(30)23(31-17-18-7-8-18)25(28)11-2-1-3-12-25/h4-6,15,18,21,23H,1-3,7-14,16-17H2. The van der Waals surface area contributed by atoms with E-state index in [-0.39, 0.29) is 41.7 Å². The number of rotatable bonds is 6. The second-order valence-electron chi connectivity index (χ2n) is 9.95. The molecule has 2 saturated heterocycles. The van der Waals surface area contributed by atoms with E-state index >= 15 is 0 Å². The predicted molar refractivity (Wildman–Crippen MR) is 115 cm³/mol. The number of ether oxygens (including phenoxy) is 1. The van der Waals surface area contributed by atoms with Crippen molar-refractivity contribution in [2.75, 3.05) is 19.7 Å². The lowest BCUT2D eigenvalue weighted by molar-refractivity contribution is -0.211. The first kappa shape index (κ1) is 20.9. The third-order valence-electron chi connectivity index (χ3n) is 7.77. The monoisotopic (exact) mass is 428 g/mol. The summed E-state index contributed by atoms with van der Waals surface area (Å²) in [4.78, 5) is 29.9. The molecule has 168 valence electrons. The topological polar surface area (TPSA) is 49.9 Å². The van der Waals surface area contributed by atoms with Crippen LogP contribution in [0.25, 0.3) is 0 Å². The lowest BCUT2D eigenvalue weighted by Gasteiger charge is -2.62. The second kappa shape index (κ2) is 8.53. The zero-order valence-electron chi connectivity index (χ0n) is 18.2. The molecular weight excluding hydrogens is 395 g/mol. The normalized spacial score (nSPS) is 26.2. The molecule has 2 aliphatic carbocycles. The van der Waals surface area contributed by atoms with Crippen LogP contribution in [0.3, 0.4) is 0 Å². The number of β-lactam (4-membered cyclic amide) rings is 1. The van der Waals surface area contributed by atoms with Gasteiger partial charge >= 0.3 is 0 Å². The van der Waals surface area contributed by atoms with Gasteiger partial charge in [-0.1, -0.05) is 31.4 Å². The zero-order chi connectivity index (χ0) is 21.4. The van der Waals surface area contributed by atoms with E-state index in [1.54, 1.807) is 12.1 Å². The number of piperidine rings is 1. The molecule has 1 aromatic rings. The van der Waals surface area contributed by atoms with Gasteiger partial charge in [0.25, 0.3) is 5.91 Å². The molecule has 2 saturated carbocycles. The third kappa shape index (κ3) is 4.11. The van der Waals surface area contributed by atoms with E-state index in [4.69, 9.17) is 4.74 Å². The van der Waals surface area contributed by atoms with E-state index in [0.717, 1.165) is 45.1 Å². The van der Waals surface area contributed by atoms with Gasteiger partial charge in [-0.3, -0.25) is 9.59 Å². The van der Waals surface area contributed by atoms with Crippen LogP contribution >= 0.6 is 0 Å². The molecule has 1 spiro atoms. The number of likely N-dealkylation sites (tertiary alicyclic amines) is 2. The van der Waals surface area contributed by atoms with Crippen LogP contribution in [0.2, 0.25) is 0 Å². The van der Waals surface area contributed by atoms with E-state index in [0.29, 0.717) is 24.6 Å². The van der Waals surface area contributed by atoms with Crippen molar-refractivity contribution in [3.05, 3.63) is 35.6 Å². The van der Waals surface area contributed by atoms with Crippen molar-refractivity contribution in [2.45, 2.75) is 81.9 Å². The van der Waals surface area contributed by atoms with E-state index < -0.39 is 0 Å². The molecule has 1 aromatic carbocycles. The first-order valence-corrected chi connectivity index (χ1v) is 12.0. The highest BCUT2D eigenvalue weighted by molar-refractivity contribution is 5.91. The Hall–Kier alpha value is -1.95. The van der Waals surface area contributed by atoms with Gasteiger partial charge in [0.05, 0.1) is 18.6 Å². The van der Waals surface area contributed by atoms with Crippen molar-refractivity contribution in [1.29, 1.82) is 0 Å². The Morgan fingerprint density at radius 1 is 1.10 bits per heavy atom. The molecule has 1 atom stereocenters. The summed E-state index contributed by atoms with van der Waals surface area (Å²) in [5.74, 6) is 0.565. The van der Waals surface area contributed by atoms with Gasteiger partial charge in [-0.2, -0.15) is 0 Å². The Balaban J connectivity index is 1.20. The average Bonchev–Trinajstić information content (AvgIpc) is 3.59. The minimum atomic E-state index is -0.309. The summed E-state index contributed by atoms with van der Waals surface area (Å²) in [6.07, 6.45) is 9.75. The van der Waals surface area contributed by atoms with Gasteiger partial charge < -0.3 is 14.5 Å². The molecule has 5 rings (SSSR count). The van der Waals surface area contributed by atoms with Crippen LogP contribution in [-0.2, 0) is 20.7 Å². The van der Waals surface area contributed by atoms with Gasteiger partial charge in [-0.15, -0.1) is 0 Å². The molecule has 6 heteroatoms. The fourth-order valence-corrected chi connectivity index (χ4v) is 5.90. The molecule has 2 amide bonds. The van der Waals surface area contributed by atoms with Crippen molar-refractivity contribution in [3.8, 4) is 0 Å². The highest BCUT2D eigenvalue weighted by Gasteiger charge is 2.62.